The number of pyridine rings is 1. The predicted molar refractivity (Wildman–Crippen MR) is 76.3 cm³/mol. The van der Waals surface area contributed by atoms with Crippen molar-refractivity contribution in [1.82, 2.24) is 4.98 Å². The average molecular weight is 364 g/mol. The zero-order valence-corrected chi connectivity index (χ0v) is 13.0. The number of aromatic nitrogens is 1. The lowest BCUT2D eigenvalue weighted by molar-refractivity contribution is 0.0299. The summed E-state index contributed by atoms with van der Waals surface area (Å²) in [5, 5.41) is 3.42. The van der Waals surface area contributed by atoms with Gasteiger partial charge in [-0.1, -0.05) is 6.92 Å². The van der Waals surface area contributed by atoms with Crippen LogP contribution in [0, 0.1) is 5.41 Å². The van der Waals surface area contributed by atoms with Crippen LogP contribution in [0.1, 0.15) is 19.8 Å². The Hall–Kier alpha value is -0.130. The van der Waals surface area contributed by atoms with Gasteiger partial charge < -0.3 is 10.1 Å². The van der Waals surface area contributed by atoms with Gasteiger partial charge in [0.05, 0.1) is 4.47 Å². The molecule has 1 N–H and O–H groups in total. The van der Waals surface area contributed by atoms with Gasteiger partial charge in [-0.3, -0.25) is 0 Å². The summed E-state index contributed by atoms with van der Waals surface area (Å²) in [5.41, 5.74) is 0.312. The molecule has 2 heterocycles. The summed E-state index contributed by atoms with van der Waals surface area (Å²) < 4.78 is 7.36. The van der Waals surface area contributed by atoms with E-state index in [0.29, 0.717) is 5.41 Å². The Morgan fingerprint density at radius 2 is 2.12 bits per heavy atom. The molecule has 0 aliphatic carbocycles. The maximum atomic E-state index is 5.40. The van der Waals surface area contributed by atoms with Crippen molar-refractivity contribution in [3.05, 3.63) is 21.2 Å². The number of nitrogens with zero attached hydrogens (tertiary/aromatic N) is 1. The Morgan fingerprint density at radius 1 is 1.41 bits per heavy atom. The molecule has 0 atom stereocenters. The van der Waals surface area contributed by atoms with Gasteiger partial charge in [-0.15, -0.1) is 0 Å². The minimum Gasteiger partial charge on any atom is -0.381 e. The standard InChI is InChI=1S/C12H16Br2N2O/c1-12(2-4-17-5-3-12)8-16-11-10(14)6-9(13)7-15-11/h6-7H,2-5,8H2,1H3,(H,15,16). The molecule has 0 aromatic carbocycles. The second-order valence-corrected chi connectivity index (χ2v) is 6.53. The third kappa shape index (κ3) is 3.66. The largest absolute Gasteiger partial charge is 0.381 e. The van der Waals surface area contributed by atoms with E-state index < -0.39 is 0 Å². The fourth-order valence-corrected chi connectivity index (χ4v) is 3.01. The van der Waals surface area contributed by atoms with Gasteiger partial charge in [0.2, 0.25) is 0 Å². The van der Waals surface area contributed by atoms with Gasteiger partial charge in [0, 0.05) is 30.4 Å². The van der Waals surface area contributed by atoms with Crippen LogP contribution >= 0.6 is 31.9 Å². The minimum atomic E-state index is 0.312. The van der Waals surface area contributed by atoms with Crippen molar-refractivity contribution >= 4 is 37.7 Å². The molecule has 17 heavy (non-hydrogen) atoms. The Bertz CT molecular complexity index is 392. The molecular weight excluding hydrogens is 348 g/mol. The summed E-state index contributed by atoms with van der Waals surface area (Å²) in [7, 11) is 0. The van der Waals surface area contributed by atoms with E-state index in [1.54, 1.807) is 6.20 Å². The highest BCUT2D eigenvalue weighted by atomic mass is 79.9. The first-order valence-corrected chi connectivity index (χ1v) is 7.30. The first kappa shape index (κ1) is 13.3. The Labute approximate surface area is 119 Å². The zero-order chi connectivity index (χ0) is 12.3. The lowest BCUT2D eigenvalue weighted by atomic mass is 9.82. The number of ether oxygens (including phenoxy) is 1. The highest BCUT2D eigenvalue weighted by Gasteiger charge is 2.27. The van der Waals surface area contributed by atoms with Crippen molar-refractivity contribution < 1.29 is 4.74 Å². The van der Waals surface area contributed by atoms with E-state index in [-0.39, 0.29) is 0 Å². The number of anilines is 1. The molecule has 2 rings (SSSR count). The number of hydrogen-bond acceptors (Lipinski definition) is 3. The van der Waals surface area contributed by atoms with E-state index in [1.165, 1.54) is 0 Å². The van der Waals surface area contributed by atoms with Crippen molar-refractivity contribution in [2.45, 2.75) is 19.8 Å². The van der Waals surface area contributed by atoms with Crippen molar-refractivity contribution in [1.29, 1.82) is 0 Å². The molecule has 1 saturated heterocycles. The molecule has 1 fully saturated rings. The fraction of sp³-hybridized carbons (Fsp3) is 0.583. The maximum Gasteiger partial charge on any atom is 0.140 e. The average Bonchev–Trinajstić information content (AvgIpc) is 2.29. The van der Waals surface area contributed by atoms with Crippen LogP contribution in [-0.4, -0.2) is 24.7 Å². The quantitative estimate of drug-likeness (QED) is 0.885. The Morgan fingerprint density at radius 3 is 2.76 bits per heavy atom. The van der Waals surface area contributed by atoms with Crippen molar-refractivity contribution in [3.8, 4) is 0 Å². The fourth-order valence-electron chi connectivity index (χ4n) is 1.88. The van der Waals surface area contributed by atoms with Crippen LogP contribution in [-0.2, 0) is 4.74 Å². The van der Waals surface area contributed by atoms with Crippen molar-refractivity contribution in [3.63, 3.8) is 0 Å². The van der Waals surface area contributed by atoms with E-state index in [2.05, 4.69) is 49.1 Å². The molecule has 1 aromatic heterocycles. The second-order valence-electron chi connectivity index (χ2n) is 4.76. The van der Waals surface area contributed by atoms with Crippen LogP contribution in [0.5, 0.6) is 0 Å². The molecular formula is C12H16Br2N2O. The highest BCUT2D eigenvalue weighted by molar-refractivity contribution is 9.11. The van der Waals surface area contributed by atoms with Crippen LogP contribution in [0.15, 0.2) is 21.2 Å². The molecule has 0 amide bonds. The van der Waals surface area contributed by atoms with Crippen LogP contribution < -0.4 is 5.32 Å². The van der Waals surface area contributed by atoms with Gasteiger partial charge >= 0.3 is 0 Å². The van der Waals surface area contributed by atoms with Crippen LogP contribution in [0.4, 0.5) is 5.82 Å². The predicted octanol–water partition coefficient (Wildman–Crippen LogP) is 3.84. The maximum absolute atomic E-state index is 5.40. The third-order valence-electron chi connectivity index (χ3n) is 3.19. The zero-order valence-electron chi connectivity index (χ0n) is 9.80. The summed E-state index contributed by atoms with van der Waals surface area (Å²) >= 11 is 6.91. The minimum absolute atomic E-state index is 0.312. The van der Waals surface area contributed by atoms with Crippen molar-refractivity contribution in [2.75, 3.05) is 25.1 Å². The Kier molecular flexibility index (Phi) is 4.44. The molecule has 1 aromatic rings. The van der Waals surface area contributed by atoms with Crippen LogP contribution in [0.3, 0.4) is 0 Å². The summed E-state index contributed by atoms with van der Waals surface area (Å²) in [6.45, 7) is 4.97. The molecule has 0 bridgehead atoms. The summed E-state index contributed by atoms with van der Waals surface area (Å²) in [5.74, 6) is 0.904. The van der Waals surface area contributed by atoms with Gasteiger partial charge in [-0.25, -0.2) is 4.98 Å². The molecule has 0 spiro atoms. The first-order chi connectivity index (χ1) is 8.09. The summed E-state index contributed by atoms with van der Waals surface area (Å²) in [6, 6.07) is 2.00. The molecule has 5 heteroatoms. The normalized spacial score (nSPS) is 19.0. The van der Waals surface area contributed by atoms with Crippen LogP contribution in [0.2, 0.25) is 0 Å². The molecule has 94 valence electrons. The summed E-state index contributed by atoms with van der Waals surface area (Å²) in [4.78, 5) is 4.36. The highest BCUT2D eigenvalue weighted by Crippen LogP contribution is 2.31. The molecule has 0 unspecified atom stereocenters. The van der Waals surface area contributed by atoms with E-state index in [9.17, 15) is 0 Å². The van der Waals surface area contributed by atoms with Gasteiger partial charge in [0.25, 0.3) is 0 Å². The van der Waals surface area contributed by atoms with E-state index >= 15 is 0 Å². The van der Waals surface area contributed by atoms with E-state index in [4.69, 9.17) is 4.74 Å². The molecule has 1 aliphatic heterocycles. The number of hydrogen-bond donors (Lipinski definition) is 1. The molecule has 1 aliphatic rings. The van der Waals surface area contributed by atoms with Gasteiger partial charge in [0.1, 0.15) is 5.82 Å². The van der Waals surface area contributed by atoms with Crippen LogP contribution in [0.25, 0.3) is 0 Å². The lowest BCUT2D eigenvalue weighted by Gasteiger charge is -2.33. The molecule has 0 saturated carbocycles. The number of nitrogens with one attached hydrogen (secondary N) is 1. The van der Waals surface area contributed by atoms with E-state index in [1.807, 2.05) is 6.07 Å². The molecule has 3 nitrogen and oxygen atoms in total. The third-order valence-corrected chi connectivity index (χ3v) is 4.23. The van der Waals surface area contributed by atoms with Gasteiger partial charge in [-0.2, -0.15) is 0 Å². The topological polar surface area (TPSA) is 34.2 Å². The SMILES string of the molecule is CC1(CNc2ncc(Br)cc2Br)CCOCC1. The van der Waals surface area contributed by atoms with Gasteiger partial charge in [-0.05, 0) is 56.2 Å². The van der Waals surface area contributed by atoms with Gasteiger partial charge in [0.15, 0.2) is 0 Å². The second kappa shape index (κ2) is 5.67. The first-order valence-electron chi connectivity index (χ1n) is 5.72. The number of halogens is 2. The Balaban J connectivity index is 1.97. The van der Waals surface area contributed by atoms with E-state index in [0.717, 1.165) is 47.4 Å². The monoisotopic (exact) mass is 362 g/mol. The molecule has 0 radical (unpaired) electrons. The smallest absolute Gasteiger partial charge is 0.140 e. The lowest BCUT2D eigenvalue weighted by Crippen LogP contribution is -2.33. The van der Waals surface area contributed by atoms with Crippen molar-refractivity contribution in [2.24, 2.45) is 5.41 Å². The summed E-state index contributed by atoms with van der Waals surface area (Å²) in [6.07, 6.45) is 4.02. The number of rotatable bonds is 3.